The molecule has 0 radical (unpaired) electrons. The van der Waals surface area contributed by atoms with Crippen LogP contribution in [0.25, 0.3) is 11.1 Å². The van der Waals surface area contributed by atoms with Gasteiger partial charge in [-0.2, -0.15) is 0 Å². The van der Waals surface area contributed by atoms with Crippen molar-refractivity contribution >= 4 is 29.8 Å². The molecule has 6 rings (SSSR count). The van der Waals surface area contributed by atoms with Crippen molar-refractivity contribution in [2.24, 2.45) is 5.92 Å². The summed E-state index contributed by atoms with van der Waals surface area (Å²) in [4.78, 5) is 68.5. The Kier molecular flexibility index (Phi) is 12.5. The molecule has 0 spiro atoms. The van der Waals surface area contributed by atoms with Crippen LogP contribution >= 0.6 is 0 Å². The zero-order valence-electron chi connectivity index (χ0n) is 29.5. The van der Waals surface area contributed by atoms with Crippen LogP contribution in [-0.2, 0) is 40.0 Å². The fourth-order valence-corrected chi connectivity index (χ4v) is 7.19. The molecule has 3 N–H and O–H groups in total. The molecule has 4 unspecified atom stereocenters. The van der Waals surface area contributed by atoms with E-state index < -0.39 is 48.5 Å². The maximum atomic E-state index is 13.6. The molecule has 3 amide bonds. The molecule has 2 heterocycles. The number of likely N-dealkylation sites (tertiary alicyclic amines) is 1. The van der Waals surface area contributed by atoms with Gasteiger partial charge in [0.1, 0.15) is 25.9 Å². The number of ether oxygens (including phenoxy) is 3. The number of esters is 2. The predicted molar refractivity (Wildman–Crippen MR) is 194 cm³/mol. The van der Waals surface area contributed by atoms with Gasteiger partial charge in [-0.15, -0.1) is 0 Å². The van der Waals surface area contributed by atoms with Crippen LogP contribution in [0, 0.1) is 5.92 Å². The first kappa shape index (κ1) is 37.3. The number of alkyl carbamates (subject to hydrolysis) is 1. The summed E-state index contributed by atoms with van der Waals surface area (Å²) >= 11 is 0. The van der Waals surface area contributed by atoms with Crippen LogP contribution < -0.4 is 10.6 Å². The third-order valence-corrected chi connectivity index (χ3v) is 10.0. The van der Waals surface area contributed by atoms with Gasteiger partial charge < -0.3 is 34.9 Å². The van der Waals surface area contributed by atoms with Gasteiger partial charge in [0.25, 0.3) is 0 Å². The summed E-state index contributed by atoms with van der Waals surface area (Å²) in [6, 6.07) is 22.1. The SMILES string of the molecule is O=C(NC1CCC=CCC(CC(=O)N2CCCC2CO)C(=O)NC(C(=O)OCc2ccccc2)COC1=O)OCC1c2ccccc2-c2ccccc21. The van der Waals surface area contributed by atoms with Gasteiger partial charge in [-0.1, -0.05) is 91.0 Å². The van der Waals surface area contributed by atoms with Gasteiger partial charge in [0, 0.05) is 18.9 Å². The van der Waals surface area contributed by atoms with E-state index in [2.05, 4.69) is 10.6 Å². The fourth-order valence-electron chi connectivity index (χ4n) is 7.19. The standard InChI is InChI=1S/C41H45N3O9/c45-23-29-15-11-21-44(29)37(46)22-28-14-5-2-6-20-35(39(48)52-26-36(42-38(28)47)40(49)51-24-27-12-3-1-4-13-27)43-41(50)53-25-34-32-18-9-7-16-30(32)31-17-8-10-19-33(31)34/h1-5,7-10,12-13,16-19,28-29,34-36,45H,6,11,14-15,20-26H2,(H,42,47)(H,43,50). The molecule has 3 aliphatic rings. The number of amides is 3. The number of nitrogens with one attached hydrogen (secondary N) is 2. The van der Waals surface area contributed by atoms with Crippen molar-refractivity contribution in [1.29, 1.82) is 0 Å². The minimum Gasteiger partial charge on any atom is -0.461 e. The first-order chi connectivity index (χ1) is 25.8. The lowest BCUT2D eigenvalue weighted by atomic mass is 9.98. The van der Waals surface area contributed by atoms with Crippen LogP contribution in [0.5, 0.6) is 0 Å². The summed E-state index contributed by atoms with van der Waals surface area (Å²) in [6.45, 7) is -0.243. The molecule has 1 aliphatic carbocycles. The van der Waals surface area contributed by atoms with E-state index in [-0.39, 0.29) is 57.0 Å². The van der Waals surface area contributed by atoms with Gasteiger partial charge in [0.15, 0.2) is 6.04 Å². The highest BCUT2D eigenvalue weighted by Gasteiger charge is 2.35. The minimum atomic E-state index is -1.38. The number of cyclic esters (lactones) is 1. The monoisotopic (exact) mass is 723 g/mol. The van der Waals surface area contributed by atoms with Crippen molar-refractivity contribution in [2.45, 2.75) is 69.2 Å². The summed E-state index contributed by atoms with van der Waals surface area (Å²) in [6.07, 6.45) is 4.72. The Bertz CT molecular complexity index is 1770. The molecule has 278 valence electrons. The zero-order chi connectivity index (χ0) is 37.2. The van der Waals surface area contributed by atoms with E-state index in [9.17, 15) is 29.1 Å². The Hall–Kier alpha value is -5.49. The van der Waals surface area contributed by atoms with E-state index in [1.165, 1.54) is 0 Å². The highest BCUT2D eigenvalue weighted by atomic mass is 16.6. The van der Waals surface area contributed by atoms with E-state index in [0.29, 0.717) is 19.4 Å². The minimum absolute atomic E-state index is 0.0550. The number of nitrogens with zero attached hydrogens (tertiary/aromatic N) is 1. The highest BCUT2D eigenvalue weighted by Crippen LogP contribution is 2.44. The summed E-state index contributed by atoms with van der Waals surface area (Å²) in [5.41, 5.74) is 4.99. The van der Waals surface area contributed by atoms with Crippen LogP contribution in [0.4, 0.5) is 4.79 Å². The molecule has 53 heavy (non-hydrogen) atoms. The average Bonchev–Trinajstić information content (AvgIpc) is 3.79. The highest BCUT2D eigenvalue weighted by molar-refractivity contribution is 5.90. The molecule has 12 heteroatoms. The van der Waals surface area contributed by atoms with Crippen LogP contribution in [0.2, 0.25) is 0 Å². The molecule has 12 nitrogen and oxygen atoms in total. The number of fused-ring (bicyclic) bond motifs is 3. The Labute approximate surface area is 308 Å². The third kappa shape index (κ3) is 9.31. The van der Waals surface area contributed by atoms with Crippen molar-refractivity contribution in [2.75, 3.05) is 26.4 Å². The molecule has 3 aromatic rings. The lowest BCUT2D eigenvalue weighted by molar-refractivity contribution is -0.156. The van der Waals surface area contributed by atoms with E-state index >= 15 is 0 Å². The number of hydrogen-bond donors (Lipinski definition) is 3. The van der Waals surface area contributed by atoms with Crippen molar-refractivity contribution in [1.82, 2.24) is 15.5 Å². The molecule has 1 saturated heterocycles. The number of rotatable bonds is 9. The molecule has 0 aromatic heterocycles. The van der Waals surface area contributed by atoms with Crippen molar-refractivity contribution in [3.8, 4) is 11.1 Å². The topological polar surface area (TPSA) is 161 Å². The number of aliphatic hydroxyl groups is 1. The predicted octanol–water partition coefficient (Wildman–Crippen LogP) is 4.39. The lowest BCUT2D eigenvalue weighted by Gasteiger charge is -2.26. The zero-order valence-corrected chi connectivity index (χ0v) is 29.5. The van der Waals surface area contributed by atoms with Gasteiger partial charge in [-0.3, -0.25) is 9.59 Å². The van der Waals surface area contributed by atoms with Gasteiger partial charge in [-0.25, -0.2) is 14.4 Å². The Morgan fingerprint density at radius 3 is 2.30 bits per heavy atom. The van der Waals surface area contributed by atoms with Crippen LogP contribution in [0.15, 0.2) is 91.0 Å². The Morgan fingerprint density at radius 2 is 1.58 bits per heavy atom. The molecule has 3 aromatic carbocycles. The number of carbonyl (C=O) groups is 5. The van der Waals surface area contributed by atoms with Crippen molar-refractivity contribution in [3.05, 3.63) is 108 Å². The summed E-state index contributed by atoms with van der Waals surface area (Å²) in [5.74, 6) is -3.48. The van der Waals surface area contributed by atoms with Crippen molar-refractivity contribution in [3.63, 3.8) is 0 Å². The molecule has 1 fully saturated rings. The average molecular weight is 724 g/mol. The normalized spacial score (nSPS) is 21.9. The second-order valence-corrected chi connectivity index (χ2v) is 13.6. The fraction of sp³-hybridized carbons (Fsp3) is 0.390. The van der Waals surface area contributed by atoms with Gasteiger partial charge in [0.2, 0.25) is 11.8 Å². The first-order valence-corrected chi connectivity index (χ1v) is 18.2. The molecule has 0 bridgehead atoms. The van der Waals surface area contributed by atoms with Gasteiger partial charge >= 0.3 is 18.0 Å². The largest absolute Gasteiger partial charge is 0.461 e. The van der Waals surface area contributed by atoms with E-state index in [4.69, 9.17) is 14.2 Å². The number of aliphatic hydroxyl groups excluding tert-OH is 1. The summed E-state index contributed by atoms with van der Waals surface area (Å²) < 4.78 is 16.7. The number of benzene rings is 3. The first-order valence-electron chi connectivity index (χ1n) is 18.2. The molecule has 2 aliphatic heterocycles. The van der Waals surface area contributed by atoms with Crippen LogP contribution in [-0.4, -0.2) is 84.3 Å². The second-order valence-electron chi connectivity index (χ2n) is 13.6. The number of hydrogen-bond acceptors (Lipinski definition) is 9. The molecule has 0 saturated carbocycles. The van der Waals surface area contributed by atoms with E-state index in [0.717, 1.165) is 34.2 Å². The van der Waals surface area contributed by atoms with Gasteiger partial charge in [0.05, 0.1) is 18.6 Å². The van der Waals surface area contributed by atoms with Crippen LogP contribution in [0.1, 0.15) is 61.1 Å². The molecular formula is C41H45N3O9. The number of allylic oxidation sites excluding steroid dienone is 2. The summed E-state index contributed by atoms with van der Waals surface area (Å²) in [5, 5.41) is 15.0. The quantitative estimate of drug-likeness (QED) is 0.165. The number of carbonyl (C=O) groups excluding carboxylic acids is 5. The Balaban J connectivity index is 1.14. The maximum Gasteiger partial charge on any atom is 0.407 e. The maximum absolute atomic E-state index is 13.6. The van der Waals surface area contributed by atoms with E-state index in [1.54, 1.807) is 41.3 Å². The van der Waals surface area contributed by atoms with Crippen LogP contribution in [0.3, 0.4) is 0 Å². The van der Waals surface area contributed by atoms with Gasteiger partial charge in [-0.05, 0) is 59.9 Å². The smallest absolute Gasteiger partial charge is 0.407 e. The second kappa shape index (κ2) is 17.8. The third-order valence-electron chi connectivity index (χ3n) is 10.0. The van der Waals surface area contributed by atoms with E-state index in [1.807, 2.05) is 54.6 Å². The Morgan fingerprint density at radius 1 is 0.887 bits per heavy atom. The summed E-state index contributed by atoms with van der Waals surface area (Å²) in [7, 11) is 0. The van der Waals surface area contributed by atoms with Crippen molar-refractivity contribution < 1.29 is 43.3 Å². The molecule has 4 atom stereocenters. The molecular weight excluding hydrogens is 678 g/mol. The lowest BCUT2D eigenvalue weighted by Crippen LogP contribution is -2.49.